The summed E-state index contributed by atoms with van der Waals surface area (Å²) >= 11 is 0. The van der Waals surface area contributed by atoms with Crippen LogP contribution in [-0.2, 0) is 0 Å². The van der Waals surface area contributed by atoms with Crippen molar-refractivity contribution < 1.29 is 23.1 Å². The number of aromatic carboxylic acids is 1. The molecule has 8 heteroatoms. The van der Waals surface area contributed by atoms with Crippen molar-refractivity contribution in [1.82, 2.24) is 4.98 Å². The average Bonchev–Trinajstić information content (AvgIpc) is 2.18. The predicted molar refractivity (Wildman–Crippen MR) is 54.8 cm³/mol. The molecule has 0 aliphatic heterocycles. The molecule has 5 nitrogen and oxygen atoms in total. The van der Waals surface area contributed by atoms with Crippen LogP contribution in [0.2, 0.25) is 0 Å². The second-order valence-electron chi connectivity index (χ2n) is 3.25. The van der Waals surface area contributed by atoms with Crippen LogP contribution in [-0.4, -0.2) is 28.8 Å². The van der Waals surface area contributed by atoms with Crippen molar-refractivity contribution in [2.45, 2.75) is 12.6 Å². The van der Waals surface area contributed by atoms with Gasteiger partial charge in [-0.15, -0.1) is 0 Å². The van der Waals surface area contributed by atoms with Gasteiger partial charge in [0.25, 0.3) is 0 Å². The summed E-state index contributed by atoms with van der Waals surface area (Å²) in [7, 11) is 0. The van der Waals surface area contributed by atoms with Crippen LogP contribution in [0.3, 0.4) is 0 Å². The minimum absolute atomic E-state index is 0.0425. The molecule has 0 atom stereocenters. The first kappa shape index (κ1) is 13.1. The number of anilines is 2. The third kappa shape index (κ3) is 4.17. The first-order chi connectivity index (χ1) is 7.79. The minimum Gasteiger partial charge on any atom is -0.478 e. The highest BCUT2D eigenvalue weighted by Gasteiger charge is 2.26. The van der Waals surface area contributed by atoms with Crippen LogP contribution in [0.4, 0.5) is 24.7 Å². The molecule has 0 aromatic carbocycles. The Morgan fingerprint density at radius 3 is 2.71 bits per heavy atom. The Labute approximate surface area is 94.5 Å². The van der Waals surface area contributed by atoms with Crippen molar-refractivity contribution in [3.8, 4) is 0 Å². The van der Waals surface area contributed by atoms with E-state index >= 15 is 0 Å². The maximum Gasteiger partial charge on any atom is 0.390 e. The number of alkyl halides is 3. The molecule has 0 radical (unpaired) electrons. The van der Waals surface area contributed by atoms with Gasteiger partial charge in [-0.25, -0.2) is 9.78 Å². The summed E-state index contributed by atoms with van der Waals surface area (Å²) in [5.41, 5.74) is 5.09. The summed E-state index contributed by atoms with van der Waals surface area (Å²) in [4.78, 5) is 14.4. The van der Waals surface area contributed by atoms with Crippen LogP contribution in [0.5, 0.6) is 0 Å². The van der Waals surface area contributed by atoms with Gasteiger partial charge in [-0.1, -0.05) is 0 Å². The Balaban J connectivity index is 2.67. The molecule has 0 fully saturated rings. The van der Waals surface area contributed by atoms with Crippen molar-refractivity contribution in [2.24, 2.45) is 0 Å². The molecule has 4 N–H and O–H groups in total. The fraction of sp³-hybridized carbons (Fsp3) is 0.333. The van der Waals surface area contributed by atoms with Crippen LogP contribution < -0.4 is 11.1 Å². The lowest BCUT2D eigenvalue weighted by Crippen LogP contribution is -2.15. The first-order valence-corrected chi connectivity index (χ1v) is 4.59. The zero-order valence-electron chi connectivity index (χ0n) is 8.58. The lowest BCUT2D eigenvalue weighted by molar-refractivity contribution is -0.131. The van der Waals surface area contributed by atoms with Gasteiger partial charge in [0.05, 0.1) is 23.9 Å². The van der Waals surface area contributed by atoms with Crippen LogP contribution >= 0.6 is 0 Å². The Kier molecular flexibility index (Phi) is 3.77. The van der Waals surface area contributed by atoms with Gasteiger partial charge in [-0.3, -0.25) is 0 Å². The van der Waals surface area contributed by atoms with E-state index in [9.17, 15) is 18.0 Å². The number of carboxylic acids is 1. The number of hydrogen-bond donors (Lipinski definition) is 3. The second kappa shape index (κ2) is 4.89. The van der Waals surface area contributed by atoms with Gasteiger partial charge in [-0.05, 0) is 6.07 Å². The summed E-state index contributed by atoms with van der Waals surface area (Å²) in [5, 5.41) is 11.1. The lowest BCUT2D eigenvalue weighted by atomic mass is 10.2. The highest BCUT2D eigenvalue weighted by molar-refractivity contribution is 5.94. The van der Waals surface area contributed by atoms with Crippen molar-refractivity contribution in [2.75, 3.05) is 17.6 Å². The maximum atomic E-state index is 11.9. The van der Waals surface area contributed by atoms with E-state index in [2.05, 4.69) is 10.3 Å². The molecular weight excluding hydrogens is 239 g/mol. The van der Waals surface area contributed by atoms with Crippen molar-refractivity contribution >= 4 is 17.5 Å². The van der Waals surface area contributed by atoms with Gasteiger partial charge < -0.3 is 16.2 Å². The number of carbonyl (C=O) groups is 1. The second-order valence-corrected chi connectivity index (χ2v) is 3.25. The molecule has 0 aliphatic carbocycles. The van der Waals surface area contributed by atoms with E-state index in [4.69, 9.17) is 10.8 Å². The minimum atomic E-state index is -4.27. The van der Waals surface area contributed by atoms with Crippen LogP contribution in [0.25, 0.3) is 0 Å². The molecule has 1 aromatic heterocycles. The Bertz CT molecular complexity index is 420. The Hall–Kier alpha value is -1.99. The largest absolute Gasteiger partial charge is 0.478 e. The van der Waals surface area contributed by atoms with E-state index in [1.165, 1.54) is 0 Å². The van der Waals surface area contributed by atoms with Gasteiger partial charge in [-0.2, -0.15) is 13.2 Å². The lowest BCUT2D eigenvalue weighted by Gasteiger charge is -2.09. The number of nitrogens with zero attached hydrogens (tertiary/aromatic N) is 1. The number of hydrogen-bond acceptors (Lipinski definition) is 4. The molecule has 17 heavy (non-hydrogen) atoms. The van der Waals surface area contributed by atoms with Crippen LogP contribution in [0, 0.1) is 0 Å². The third-order valence-electron chi connectivity index (χ3n) is 1.88. The monoisotopic (exact) mass is 249 g/mol. The zero-order valence-corrected chi connectivity index (χ0v) is 8.58. The SMILES string of the molecule is Nc1cnc(NCCC(F)(F)F)cc1C(=O)O. The van der Waals surface area contributed by atoms with Gasteiger partial charge in [0.15, 0.2) is 0 Å². The number of nitrogens with one attached hydrogen (secondary N) is 1. The normalized spacial score (nSPS) is 11.2. The van der Waals surface area contributed by atoms with Gasteiger partial charge in [0, 0.05) is 6.54 Å². The van der Waals surface area contributed by atoms with Gasteiger partial charge in [0.2, 0.25) is 0 Å². The molecule has 0 unspecified atom stereocenters. The topological polar surface area (TPSA) is 88.2 Å². The highest BCUT2D eigenvalue weighted by Crippen LogP contribution is 2.20. The standard InChI is InChI=1S/C9H10F3N3O2/c10-9(11,12)1-2-14-7-3-5(8(16)17)6(13)4-15-7/h3-4H,1-2,13H2,(H,14,15)(H,16,17). The highest BCUT2D eigenvalue weighted by atomic mass is 19.4. The number of nitrogen functional groups attached to an aromatic ring is 1. The number of carboxylic acid groups (broad SMARTS) is 1. The molecule has 1 aromatic rings. The van der Waals surface area contributed by atoms with E-state index in [1.54, 1.807) is 0 Å². The van der Waals surface area contributed by atoms with E-state index in [0.29, 0.717) is 0 Å². The number of pyridine rings is 1. The van der Waals surface area contributed by atoms with Crippen molar-refractivity contribution in [3.05, 3.63) is 17.8 Å². The Morgan fingerprint density at radius 1 is 1.53 bits per heavy atom. The number of halogens is 3. The van der Waals surface area contributed by atoms with Gasteiger partial charge in [0.1, 0.15) is 5.82 Å². The average molecular weight is 249 g/mol. The van der Waals surface area contributed by atoms with E-state index in [1.807, 2.05) is 0 Å². The maximum absolute atomic E-state index is 11.9. The molecule has 0 aliphatic rings. The summed E-state index contributed by atoms with van der Waals surface area (Å²) in [6.07, 6.45) is -4.21. The summed E-state index contributed by atoms with van der Waals surface area (Å²) < 4.78 is 35.6. The summed E-state index contributed by atoms with van der Waals surface area (Å²) in [6.45, 7) is -0.376. The first-order valence-electron chi connectivity index (χ1n) is 4.59. The summed E-state index contributed by atoms with van der Waals surface area (Å²) in [5.74, 6) is -1.22. The van der Waals surface area contributed by atoms with E-state index in [0.717, 1.165) is 12.3 Å². The Morgan fingerprint density at radius 2 is 2.18 bits per heavy atom. The predicted octanol–water partition coefficient (Wildman–Crippen LogP) is 1.73. The fourth-order valence-corrected chi connectivity index (χ4v) is 1.08. The molecular formula is C9H10F3N3O2. The van der Waals surface area contributed by atoms with Crippen LogP contribution in [0.15, 0.2) is 12.3 Å². The number of aromatic nitrogens is 1. The molecule has 94 valence electrons. The molecule has 0 saturated heterocycles. The summed E-state index contributed by atoms with van der Waals surface area (Å²) in [6, 6.07) is 1.09. The smallest absolute Gasteiger partial charge is 0.390 e. The van der Waals surface area contributed by atoms with E-state index < -0.39 is 18.6 Å². The molecule has 1 heterocycles. The van der Waals surface area contributed by atoms with Crippen LogP contribution in [0.1, 0.15) is 16.8 Å². The third-order valence-corrected chi connectivity index (χ3v) is 1.88. The molecule has 0 saturated carbocycles. The number of rotatable bonds is 4. The van der Waals surface area contributed by atoms with Gasteiger partial charge >= 0.3 is 12.1 Å². The zero-order chi connectivity index (χ0) is 13.1. The fourth-order valence-electron chi connectivity index (χ4n) is 1.08. The quantitative estimate of drug-likeness (QED) is 0.756. The van der Waals surface area contributed by atoms with Crippen molar-refractivity contribution in [3.63, 3.8) is 0 Å². The molecule has 0 spiro atoms. The number of nitrogens with two attached hydrogens (primary N) is 1. The molecule has 0 amide bonds. The van der Waals surface area contributed by atoms with Crippen molar-refractivity contribution in [1.29, 1.82) is 0 Å². The molecule has 1 rings (SSSR count). The molecule has 0 bridgehead atoms. The van der Waals surface area contributed by atoms with E-state index in [-0.39, 0.29) is 23.6 Å².